The molecule has 0 aliphatic carbocycles. The van der Waals surface area contributed by atoms with Crippen LogP contribution in [0.3, 0.4) is 0 Å². The number of carbonyl (C=O) groups excluding carboxylic acids is 1. The van der Waals surface area contributed by atoms with Crippen molar-refractivity contribution in [2.45, 2.75) is 4.90 Å². The van der Waals surface area contributed by atoms with Gasteiger partial charge in [-0.3, -0.25) is 9.48 Å². The van der Waals surface area contributed by atoms with Crippen LogP contribution >= 0.6 is 0 Å². The van der Waals surface area contributed by atoms with E-state index in [9.17, 15) is 13.2 Å². The van der Waals surface area contributed by atoms with Crippen LogP contribution in [0.1, 0.15) is 0 Å². The number of hydrogen-bond donors (Lipinski definition) is 2. The third-order valence-corrected chi connectivity index (χ3v) is 3.70. The predicted molar refractivity (Wildman–Crippen MR) is 71.3 cm³/mol. The molecule has 0 fully saturated rings. The van der Waals surface area contributed by atoms with E-state index < -0.39 is 15.9 Å². The molecular weight excluding hydrogens is 282 g/mol. The maximum atomic E-state index is 11.8. The molecule has 0 atom stereocenters. The summed E-state index contributed by atoms with van der Waals surface area (Å²) in [5.41, 5.74) is 0. The fraction of sp³-hybridized carbons (Fsp3) is 0.182. The molecule has 0 aliphatic rings. The Balaban J connectivity index is 1.93. The van der Waals surface area contributed by atoms with Gasteiger partial charge < -0.3 is 5.32 Å². The second-order valence-corrected chi connectivity index (χ2v) is 5.70. The van der Waals surface area contributed by atoms with Crippen LogP contribution in [0, 0.1) is 0 Å². The van der Waals surface area contributed by atoms with Gasteiger partial charge in [-0.15, -0.1) is 0 Å². The standard InChI is InChI=1S/C11H13N5O3S/c1-16-8-9(6-13-16)20(18,19)14-7-11(17)15-10-4-2-3-5-12-10/h2-6,8,14H,7H2,1H3,(H,12,15,17). The molecule has 2 rings (SSSR count). The molecule has 1 amide bonds. The molecule has 20 heavy (non-hydrogen) atoms. The minimum atomic E-state index is -3.74. The van der Waals surface area contributed by atoms with Gasteiger partial charge in [-0.25, -0.2) is 18.1 Å². The number of aromatic nitrogens is 3. The minimum absolute atomic E-state index is 0.00522. The molecule has 2 heterocycles. The van der Waals surface area contributed by atoms with Crippen LogP contribution in [0.15, 0.2) is 41.7 Å². The van der Waals surface area contributed by atoms with Gasteiger partial charge in [0.05, 0.1) is 12.7 Å². The first-order valence-corrected chi connectivity index (χ1v) is 7.15. The lowest BCUT2D eigenvalue weighted by atomic mass is 10.4. The summed E-state index contributed by atoms with van der Waals surface area (Å²) in [4.78, 5) is 15.5. The van der Waals surface area contributed by atoms with E-state index in [1.165, 1.54) is 23.3 Å². The summed E-state index contributed by atoms with van der Waals surface area (Å²) in [5.74, 6) is -0.144. The van der Waals surface area contributed by atoms with E-state index in [2.05, 4.69) is 20.1 Å². The van der Waals surface area contributed by atoms with Crippen LogP contribution in [0.5, 0.6) is 0 Å². The number of amides is 1. The number of hydrogen-bond acceptors (Lipinski definition) is 5. The van der Waals surface area contributed by atoms with E-state index in [-0.39, 0.29) is 11.4 Å². The molecule has 0 bridgehead atoms. The van der Waals surface area contributed by atoms with E-state index in [0.717, 1.165) is 0 Å². The van der Waals surface area contributed by atoms with Crippen molar-refractivity contribution in [3.63, 3.8) is 0 Å². The average Bonchev–Trinajstić information content (AvgIpc) is 2.85. The van der Waals surface area contributed by atoms with E-state index in [0.29, 0.717) is 5.82 Å². The van der Waals surface area contributed by atoms with Crippen molar-refractivity contribution in [2.75, 3.05) is 11.9 Å². The zero-order valence-electron chi connectivity index (χ0n) is 10.6. The Kier molecular flexibility index (Phi) is 4.11. The summed E-state index contributed by atoms with van der Waals surface area (Å²) in [6.45, 7) is -0.381. The Bertz CT molecular complexity index is 696. The molecule has 2 aromatic heterocycles. The molecule has 0 aliphatic heterocycles. The Morgan fingerprint density at radius 3 is 2.80 bits per heavy atom. The van der Waals surface area contributed by atoms with Crippen molar-refractivity contribution >= 4 is 21.7 Å². The van der Waals surface area contributed by atoms with Gasteiger partial charge in [-0.1, -0.05) is 6.07 Å². The Labute approximate surface area is 115 Å². The van der Waals surface area contributed by atoms with Crippen molar-refractivity contribution in [3.05, 3.63) is 36.8 Å². The summed E-state index contributed by atoms with van der Waals surface area (Å²) in [6, 6.07) is 5.02. The smallest absolute Gasteiger partial charge is 0.244 e. The van der Waals surface area contributed by atoms with Crippen LogP contribution in [0.4, 0.5) is 5.82 Å². The SMILES string of the molecule is Cn1cc(S(=O)(=O)NCC(=O)Nc2ccccn2)cn1. The van der Waals surface area contributed by atoms with Crippen LogP contribution in [0.25, 0.3) is 0 Å². The lowest BCUT2D eigenvalue weighted by Crippen LogP contribution is -2.32. The highest BCUT2D eigenvalue weighted by Gasteiger charge is 2.17. The third-order valence-electron chi connectivity index (χ3n) is 2.35. The van der Waals surface area contributed by atoms with Crippen LogP contribution in [-0.4, -0.2) is 35.6 Å². The lowest BCUT2D eigenvalue weighted by Gasteiger charge is -2.05. The molecule has 2 aromatic rings. The minimum Gasteiger partial charge on any atom is -0.310 e. The summed E-state index contributed by atoms with van der Waals surface area (Å²) in [5, 5.41) is 6.24. The Hall–Kier alpha value is -2.26. The van der Waals surface area contributed by atoms with E-state index in [1.54, 1.807) is 25.2 Å². The van der Waals surface area contributed by atoms with E-state index in [1.807, 2.05) is 0 Å². The fourth-order valence-corrected chi connectivity index (χ4v) is 2.37. The first-order chi connectivity index (χ1) is 9.47. The molecule has 2 N–H and O–H groups in total. The van der Waals surface area contributed by atoms with Crippen LogP contribution < -0.4 is 10.0 Å². The maximum Gasteiger partial charge on any atom is 0.244 e. The third kappa shape index (κ3) is 3.62. The van der Waals surface area contributed by atoms with Gasteiger partial charge in [-0.05, 0) is 12.1 Å². The van der Waals surface area contributed by atoms with Crippen molar-refractivity contribution in [3.8, 4) is 0 Å². The zero-order chi connectivity index (χ0) is 14.6. The van der Waals surface area contributed by atoms with Gasteiger partial charge in [0.25, 0.3) is 0 Å². The number of nitrogens with one attached hydrogen (secondary N) is 2. The topological polar surface area (TPSA) is 106 Å². The Morgan fingerprint density at radius 2 is 2.20 bits per heavy atom. The monoisotopic (exact) mass is 295 g/mol. The number of nitrogens with zero attached hydrogens (tertiary/aromatic N) is 3. The van der Waals surface area contributed by atoms with Crippen LogP contribution in [-0.2, 0) is 21.9 Å². The van der Waals surface area contributed by atoms with Crippen LogP contribution in [0.2, 0.25) is 0 Å². The summed E-state index contributed by atoms with van der Waals surface area (Å²) in [6.07, 6.45) is 4.08. The van der Waals surface area contributed by atoms with Crippen molar-refractivity contribution in [1.29, 1.82) is 0 Å². The maximum absolute atomic E-state index is 11.8. The van der Waals surface area contributed by atoms with Gasteiger partial charge >= 0.3 is 0 Å². The average molecular weight is 295 g/mol. The fourth-order valence-electron chi connectivity index (χ4n) is 1.41. The molecular formula is C11H13N5O3S. The molecule has 0 saturated carbocycles. The number of rotatable bonds is 5. The van der Waals surface area contributed by atoms with Gasteiger partial charge in [0, 0.05) is 19.4 Å². The van der Waals surface area contributed by atoms with E-state index >= 15 is 0 Å². The van der Waals surface area contributed by atoms with Gasteiger partial charge in [0.2, 0.25) is 15.9 Å². The highest BCUT2D eigenvalue weighted by atomic mass is 32.2. The second-order valence-electron chi connectivity index (χ2n) is 3.94. The van der Waals surface area contributed by atoms with Gasteiger partial charge in [0.1, 0.15) is 10.7 Å². The molecule has 8 nitrogen and oxygen atoms in total. The first-order valence-electron chi connectivity index (χ1n) is 5.66. The zero-order valence-corrected chi connectivity index (χ0v) is 11.5. The van der Waals surface area contributed by atoms with Crippen molar-refractivity contribution in [2.24, 2.45) is 7.05 Å². The molecule has 0 spiro atoms. The quantitative estimate of drug-likeness (QED) is 0.790. The molecule has 0 aromatic carbocycles. The number of pyridine rings is 1. The number of anilines is 1. The van der Waals surface area contributed by atoms with Gasteiger partial charge in [0.15, 0.2) is 0 Å². The van der Waals surface area contributed by atoms with Crippen molar-refractivity contribution in [1.82, 2.24) is 19.5 Å². The first kappa shape index (κ1) is 14.2. The predicted octanol–water partition coefficient (Wildman–Crippen LogP) is -0.268. The highest BCUT2D eigenvalue weighted by molar-refractivity contribution is 7.89. The molecule has 106 valence electrons. The normalized spacial score (nSPS) is 11.2. The largest absolute Gasteiger partial charge is 0.310 e. The van der Waals surface area contributed by atoms with Gasteiger partial charge in [-0.2, -0.15) is 5.10 Å². The Morgan fingerprint density at radius 1 is 1.40 bits per heavy atom. The lowest BCUT2D eigenvalue weighted by molar-refractivity contribution is -0.115. The molecule has 0 unspecified atom stereocenters. The molecule has 0 radical (unpaired) electrons. The summed E-state index contributed by atoms with van der Waals surface area (Å²) >= 11 is 0. The van der Waals surface area contributed by atoms with Crippen molar-refractivity contribution < 1.29 is 13.2 Å². The molecule has 9 heteroatoms. The second kappa shape index (κ2) is 5.80. The summed E-state index contributed by atoms with van der Waals surface area (Å²) < 4.78 is 27.2. The van der Waals surface area contributed by atoms with E-state index in [4.69, 9.17) is 0 Å². The highest BCUT2D eigenvalue weighted by Crippen LogP contribution is 2.05. The number of sulfonamides is 1. The number of carbonyl (C=O) groups is 1. The molecule has 0 saturated heterocycles. The number of aryl methyl sites for hydroxylation is 1. The summed E-state index contributed by atoms with van der Waals surface area (Å²) in [7, 11) is -2.14.